The summed E-state index contributed by atoms with van der Waals surface area (Å²) in [4.78, 5) is 26.2. The van der Waals surface area contributed by atoms with Crippen molar-refractivity contribution in [1.82, 2.24) is 5.10 Å². The number of allylic oxidation sites excluding steroid dienone is 1. The maximum absolute atomic E-state index is 13.7. The normalized spacial score (nSPS) is 42.1. The average molecular weight is 414 g/mol. The first kappa shape index (κ1) is 20.1. The number of Topliss-reactive ketones (excluding diaryl/α,β-unsaturated/α-hetero) is 2. The van der Waals surface area contributed by atoms with E-state index < -0.39 is 23.4 Å². The number of ketones is 2. The molecule has 5 rings (SSSR count). The maximum atomic E-state index is 13.7. The Morgan fingerprint density at radius 3 is 2.77 bits per heavy atom. The zero-order valence-corrected chi connectivity index (χ0v) is 18.2. The van der Waals surface area contributed by atoms with Gasteiger partial charge in [0.15, 0.2) is 18.5 Å². The summed E-state index contributed by atoms with van der Waals surface area (Å²) in [5, 5.41) is 24.2. The number of aliphatic hydroxyl groups is 2. The summed E-state index contributed by atoms with van der Waals surface area (Å²) in [6.07, 6.45) is 8.48. The van der Waals surface area contributed by atoms with E-state index in [9.17, 15) is 19.8 Å². The summed E-state index contributed by atoms with van der Waals surface area (Å²) < 4.78 is 2.09. The molecule has 30 heavy (non-hydrogen) atoms. The van der Waals surface area contributed by atoms with Gasteiger partial charge in [0.25, 0.3) is 0 Å². The van der Waals surface area contributed by atoms with Crippen molar-refractivity contribution in [3.05, 3.63) is 23.0 Å². The van der Waals surface area contributed by atoms with Gasteiger partial charge < -0.3 is 10.2 Å². The molecule has 6 nitrogen and oxygen atoms in total. The van der Waals surface area contributed by atoms with Crippen LogP contribution in [0, 0.1) is 28.6 Å². The molecule has 1 heterocycles. The molecule has 0 bridgehead atoms. The number of aromatic nitrogens is 2. The SMILES string of the molecule is CC[n+]1cc2c([nH]1)C=C1CC[C@@H]3[C@H](C(=O)C[C@@]4(C)[C@H]3CC[C@]4(O)C(=O)CO)[C@@]1(C)C2. The van der Waals surface area contributed by atoms with Crippen LogP contribution in [0.15, 0.2) is 11.8 Å². The van der Waals surface area contributed by atoms with Crippen molar-refractivity contribution >= 4 is 17.6 Å². The Balaban J connectivity index is 1.54. The van der Waals surface area contributed by atoms with E-state index >= 15 is 0 Å². The van der Waals surface area contributed by atoms with Crippen LogP contribution in [0.5, 0.6) is 0 Å². The van der Waals surface area contributed by atoms with Crippen molar-refractivity contribution in [2.75, 3.05) is 6.61 Å². The maximum Gasteiger partial charge on any atom is 0.199 e. The van der Waals surface area contributed by atoms with Gasteiger partial charge in [0.05, 0.1) is 0 Å². The predicted octanol–water partition coefficient (Wildman–Crippen LogP) is 1.98. The first-order valence-electron chi connectivity index (χ1n) is 11.4. The van der Waals surface area contributed by atoms with E-state index in [0.29, 0.717) is 6.42 Å². The minimum absolute atomic E-state index is 0.0692. The van der Waals surface area contributed by atoms with Gasteiger partial charge in [0.1, 0.15) is 23.7 Å². The second-order valence-electron chi connectivity index (χ2n) is 10.6. The number of nitrogens with one attached hydrogen (secondary N) is 1. The Bertz CT molecular complexity index is 964. The Morgan fingerprint density at radius 2 is 2.07 bits per heavy atom. The van der Waals surface area contributed by atoms with E-state index in [1.807, 2.05) is 6.92 Å². The zero-order chi connectivity index (χ0) is 21.5. The molecule has 0 aliphatic heterocycles. The van der Waals surface area contributed by atoms with Crippen LogP contribution >= 0.6 is 0 Å². The van der Waals surface area contributed by atoms with E-state index in [1.165, 1.54) is 16.8 Å². The van der Waals surface area contributed by atoms with Gasteiger partial charge in [-0.25, -0.2) is 0 Å². The van der Waals surface area contributed by atoms with Gasteiger partial charge in [-0.15, -0.1) is 4.68 Å². The molecule has 1 aromatic rings. The summed E-state index contributed by atoms with van der Waals surface area (Å²) in [5.74, 6) is -0.106. The van der Waals surface area contributed by atoms with Crippen molar-refractivity contribution in [3.63, 3.8) is 0 Å². The molecule has 0 radical (unpaired) electrons. The lowest BCUT2D eigenvalue weighted by atomic mass is 9.46. The second kappa shape index (κ2) is 6.36. The second-order valence-corrected chi connectivity index (χ2v) is 10.6. The minimum atomic E-state index is -1.59. The fourth-order valence-electron chi connectivity index (χ4n) is 7.76. The lowest BCUT2D eigenvalue weighted by molar-refractivity contribution is -0.747. The molecule has 6 atom stereocenters. The number of aromatic amines is 1. The van der Waals surface area contributed by atoms with E-state index in [1.54, 1.807) is 0 Å². The van der Waals surface area contributed by atoms with E-state index in [-0.39, 0.29) is 35.4 Å². The van der Waals surface area contributed by atoms with Crippen molar-refractivity contribution in [2.45, 2.75) is 71.4 Å². The Hall–Kier alpha value is -1.79. The first-order chi connectivity index (χ1) is 14.2. The molecule has 0 amide bonds. The standard InChI is InChI=1S/C24H32N2O4/c1-4-26-12-14-10-22(2)15(9-18(14)25-26)5-6-16-17-7-8-24(30,20(29)13-27)23(17,3)11-19(28)21(16)22/h9,12,16-17,21,27,30H,4-8,10-11,13H2,1-3H3/p+1/t16-,17-,21+,22-,23-,24-/m0/s1. The van der Waals surface area contributed by atoms with Gasteiger partial charge in [0, 0.05) is 28.7 Å². The molecule has 4 aliphatic rings. The molecule has 1 aromatic heterocycles. The zero-order valence-electron chi connectivity index (χ0n) is 18.2. The van der Waals surface area contributed by atoms with Gasteiger partial charge in [-0.2, -0.15) is 5.10 Å². The number of fused-ring (bicyclic) bond motifs is 6. The van der Waals surface area contributed by atoms with Crippen LogP contribution in [0.1, 0.15) is 64.1 Å². The van der Waals surface area contributed by atoms with E-state index in [0.717, 1.165) is 32.2 Å². The van der Waals surface area contributed by atoms with E-state index in [4.69, 9.17) is 0 Å². The number of carbonyl (C=O) groups excluding carboxylic acids is 2. The van der Waals surface area contributed by atoms with Crippen LogP contribution in [0.4, 0.5) is 0 Å². The summed E-state index contributed by atoms with van der Waals surface area (Å²) in [5.41, 5.74) is 1.23. The van der Waals surface area contributed by atoms with E-state index in [2.05, 4.69) is 35.9 Å². The largest absolute Gasteiger partial charge is 0.388 e. The third-order valence-corrected chi connectivity index (χ3v) is 9.32. The Morgan fingerprint density at radius 1 is 1.30 bits per heavy atom. The van der Waals surface area contributed by atoms with Crippen LogP contribution in [-0.4, -0.2) is 39.1 Å². The van der Waals surface area contributed by atoms with Crippen molar-refractivity contribution in [2.24, 2.45) is 28.6 Å². The lowest BCUT2D eigenvalue weighted by Gasteiger charge is -2.57. The highest BCUT2D eigenvalue weighted by atomic mass is 16.3. The number of nitrogens with zero attached hydrogens (tertiary/aromatic N) is 1. The smallest absolute Gasteiger partial charge is 0.199 e. The van der Waals surface area contributed by atoms with Crippen molar-refractivity contribution in [1.29, 1.82) is 0 Å². The quantitative estimate of drug-likeness (QED) is 0.661. The highest BCUT2D eigenvalue weighted by Crippen LogP contribution is 2.66. The molecule has 0 unspecified atom stereocenters. The highest BCUT2D eigenvalue weighted by Gasteiger charge is 2.68. The van der Waals surface area contributed by atoms with Crippen LogP contribution in [0.25, 0.3) is 6.08 Å². The molecule has 0 aromatic carbocycles. The predicted molar refractivity (Wildman–Crippen MR) is 110 cm³/mol. The molecular formula is C24H33N2O4+. The summed E-state index contributed by atoms with van der Waals surface area (Å²) in [6, 6.07) is 0. The van der Waals surface area contributed by atoms with Crippen LogP contribution in [0.3, 0.4) is 0 Å². The fraction of sp³-hybridized carbons (Fsp3) is 0.708. The number of rotatable bonds is 3. The lowest BCUT2D eigenvalue weighted by Crippen LogP contribution is -2.61. The summed E-state index contributed by atoms with van der Waals surface area (Å²) >= 11 is 0. The number of carbonyl (C=O) groups is 2. The number of hydrogen-bond donors (Lipinski definition) is 3. The third kappa shape index (κ3) is 2.35. The number of H-pyrrole nitrogens is 1. The number of aryl methyl sites for hydroxylation is 1. The topological polar surface area (TPSA) is 94.3 Å². The third-order valence-electron chi connectivity index (χ3n) is 9.32. The molecule has 0 spiro atoms. The molecule has 3 saturated carbocycles. The summed E-state index contributed by atoms with van der Waals surface area (Å²) in [6.45, 7) is 6.49. The molecule has 3 N–H and O–H groups in total. The highest BCUT2D eigenvalue weighted by molar-refractivity contribution is 5.92. The van der Waals surface area contributed by atoms with Crippen LogP contribution in [-0.2, 0) is 22.6 Å². The van der Waals surface area contributed by atoms with Crippen molar-refractivity contribution < 1.29 is 24.5 Å². The van der Waals surface area contributed by atoms with Gasteiger partial charge >= 0.3 is 0 Å². The number of aliphatic hydroxyl groups excluding tert-OH is 1. The van der Waals surface area contributed by atoms with Crippen LogP contribution in [0.2, 0.25) is 0 Å². The Labute approximate surface area is 177 Å². The van der Waals surface area contributed by atoms with Gasteiger partial charge in [0.2, 0.25) is 0 Å². The van der Waals surface area contributed by atoms with Gasteiger partial charge in [-0.3, -0.25) is 9.59 Å². The van der Waals surface area contributed by atoms with Gasteiger partial charge in [-0.1, -0.05) is 19.4 Å². The number of hydrogen-bond acceptors (Lipinski definition) is 4. The summed E-state index contributed by atoms with van der Waals surface area (Å²) in [7, 11) is 0. The fourth-order valence-corrected chi connectivity index (χ4v) is 7.76. The molecule has 4 aliphatic carbocycles. The molecule has 3 fully saturated rings. The molecule has 0 saturated heterocycles. The molecular weight excluding hydrogens is 380 g/mol. The minimum Gasteiger partial charge on any atom is -0.388 e. The van der Waals surface area contributed by atoms with Gasteiger partial charge in [-0.05, 0) is 56.9 Å². The molecule has 162 valence electrons. The van der Waals surface area contributed by atoms with Crippen molar-refractivity contribution in [3.8, 4) is 0 Å². The average Bonchev–Trinajstić information content (AvgIpc) is 3.22. The Kier molecular flexibility index (Phi) is 4.27. The molecule has 6 heteroatoms. The van der Waals surface area contributed by atoms with Crippen LogP contribution < -0.4 is 4.68 Å². The monoisotopic (exact) mass is 413 g/mol. The first-order valence-corrected chi connectivity index (χ1v) is 11.4.